The zero-order chi connectivity index (χ0) is 24.0. The number of rotatable bonds is 2. The van der Waals surface area contributed by atoms with Crippen molar-refractivity contribution in [2.24, 2.45) is 0 Å². The van der Waals surface area contributed by atoms with Crippen LogP contribution in [0.4, 0.5) is 9.18 Å². The number of nitrogens with zero attached hydrogens (tertiary/aromatic N) is 3. The van der Waals surface area contributed by atoms with Crippen molar-refractivity contribution >= 4 is 27.5 Å². The number of aromatic nitrogens is 2. The number of carbonyl (C=O) groups excluding carboxylic acids is 1. The van der Waals surface area contributed by atoms with Crippen molar-refractivity contribution in [2.45, 2.75) is 39.3 Å². The summed E-state index contributed by atoms with van der Waals surface area (Å²) in [6, 6.07) is 12.0. The first kappa shape index (κ1) is 22.3. The number of aromatic hydroxyl groups is 1. The van der Waals surface area contributed by atoms with Crippen LogP contribution in [-0.2, 0) is 17.7 Å². The molecule has 0 saturated heterocycles. The van der Waals surface area contributed by atoms with Crippen LogP contribution in [0, 0.1) is 5.82 Å². The number of ether oxygens (including phenoxy) is 1. The number of benzene rings is 2. The predicted octanol–water partition coefficient (Wildman–Crippen LogP) is 6.16. The van der Waals surface area contributed by atoms with Gasteiger partial charge in [0.25, 0.3) is 0 Å². The Bertz CT molecular complexity index is 1410. The molecular weight excluding hydrogens is 453 g/mol. The number of amides is 1. The molecule has 174 valence electrons. The molecule has 1 N–H and O–H groups in total. The Morgan fingerprint density at radius 1 is 1.09 bits per heavy atom. The number of halogens is 1. The monoisotopic (exact) mass is 477 g/mol. The molecule has 5 rings (SSSR count). The zero-order valence-electron chi connectivity index (χ0n) is 19.1. The highest BCUT2D eigenvalue weighted by Crippen LogP contribution is 2.39. The number of carbonyl (C=O) groups is 1. The number of hydrogen-bond donors (Lipinski definition) is 1. The Balaban J connectivity index is 1.47. The van der Waals surface area contributed by atoms with Crippen LogP contribution in [0.2, 0.25) is 0 Å². The van der Waals surface area contributed by atoms with Gasteiger partial charge in [0.05, 0.1) is 4.70 Å². The molecule has 0 radical (unpaired) electrons. The highest BCUT2D eigenvalue weighted by atomic mass is 32.1. The Morgan fingerprint density at radius 2 is 1.88 bits per heavy atom. The van der Waals surface area contributed by atoms with Gasteiger partial charge in [-0.25, -0.2) is 9.18 Å². The summed E-state index contributed by atoms with van der Waals surface area (Å²) in [6.07, 6.45) is 0.428. The Morgan fingerprint density at radius 3 is 2.65 bits per heavy atom. The maximum absolute atomic E-state index is 13.5. The minimum absolute atomic E-state index is 0.167. The van der Waals surface area contributed by atoms with E-state index in [2.05, 4.69) is 16.3 Å². The first-order valence-electron chi connectivity index (χ1n) is 11.0. The van der Waals surface area contributed by atoms with Gasteiger partial charge < -0.3 is 14.7 Å². The molecule has 1 aliphatic heterocycles. The molecule has 0 saturated carbocycles. The van der Waals surface area contributed by atoms with Gasteiger partial charge in [0, 0.05) is 35.7 Å². The average Bonchev–Trinajstić information content (AvgIpc) is 3.27. The molecule has 0 bridgehead atoms. The molecule has 6 nitrogen and oxygen atoms in total. The second-order valence-corrected chi connectivity index (χ2v) is 10.3. The molecule has 0 atom stereocenters. The largest absolute Gasteiger partial charge is 0.507 e. The van der Waals surface area contributed by atoms with E-state index >= 15 is 0 Å². The first-order valence-corrected chi connectivity index (χ1v) is 11.9. The molecule has 0 spiro atoms. The van der Waals surface area contributed by atoms with Crippen LogP contribution < -0.4 is 0 Å². The highest BCUT2D eigenvalue weighted by molar-refractivity contribution is 7.17. The van der Waals surface area contributed by atoms with E-state index in [1.165, 1.54) is 29.0 Å². The molecule has 0 fully saturated rings. The maximum atomic E-state index is 13.5. The summed E-state index contributed by atoms with van der Waals surface area (Å²) >= 11 is 1.50. The topological polar surface area (TPSA) is 75.5 Å². The molecule has 2 aromatic carbocycles. The van der Waals surface area contributed by atoms with Crippen molar-refractivity contribution in [3.8, 4) is 28.3 Å². The van der Waals surface area contributed by atoms with Crippen LogP contribution in [0.15, 0.2) is 47.8 Å². The molecular formula is C26H24FN3O3S. The average molecular weight is 478 g/mol. The van der Waals surface area contributed by atoms with Crippen molar-refractivity contribution in [1.82, 2.24) is 15.1 Å². The van der Waals surface area contributed by atoms with Crippen LogP contribution in [-0.4, -0.2) is 38.4 Å². The van der Waals surface area contributed by atoms with E-state index in [1.54, 1.807) is 4.90 Å². The van der Waals surface area contributed by atoms with Gasteiger partial charge in [-0.05, 0) is 68.0 Å². The van der Waals surface area contributed by atoms with Crippen LogP contribution in [0.3, 0.4) is 0 Å². The van der Waals surface area contributed by atoms with Crippen LogP contribution in [0.1, 0.15) is 31.9 Å². The molecule has 2 aromatic heterocycles. The van der Waals surface area contributed by atoms with Gasteiger partial charge in [-0.2, -0.15) is 0 Å². The normalized spacial score (nSPS) is 13.7. The summed E-state index contributed by atoms with van der Waals surface area (Å²) < 4.78 is 19.9. The Kier molecular flexibility index (Phi) is 5.48. The number of phenols is 1. The lowest BCUT2D eigenvalue weighted by atomic mass is 9.95. The number of thiophene rings is 1. The molecule has 0 unspecified atom stereocenters. The summed E-state index contributed by atoms with van der Waals surface area (Å²) in [5.41, 5.74) is 4.39. The summed E-state index contributed by atoms with van der Waals surface area (Å²) in [6.45, 7) is 6.69. The minimum atomic E-state index is -0.525. The smallest absolute Gasteiger partial charge is 0.410 e. The van der Waals surface area contributed by atoms with E-state index in [4.69, 9.17) is 4.74 Å². The molecule has 1 amide bonds. The van der Waals surface area contributed by atoms with Crippen molar-refractivity contribution in [1.29, 1.82) is 0 Å². The Hall–Kier alpha value is -3.52. The van der Waals surface area contributed by atoms with Gasteiger partial charge in [-0.15, -0.1) is 21.5 Å². The van der Waals surface area contributed by atoms with Gasteiger partial charge in [0.15, 0.2) is 0 Å². The predicted molar refractivity (Wildman–Crippen MR) is 130 cm³/mol. The maximum Gasteiger partial charge on any atom is 0.410 e. The third-order valence-electron chi connectivity index (χ3n) is 5.74. The third-order valence-corrected chi connectivity index (χ3v) is 6.67. The quantitative estimate of drug-likeness (QED) is 0.374. The summed E-state index contributed by atoms with van der Waals surface area (Å²) in [7, 11) is 0. The molecule has 3 heterocycles. The van der Waals surface area contributed by atoms with Crippen LogP contribution >= 0.6 is 11.3 Å². The second-order valence-electron chi connectivity index (χ2n) is 9.36. The van der Waals surface area contributed by atoms with E-state index in [0.29, 0.717) is 24.3 Å². The molecule has 34 heavy (non-hydrogen) atoms. The zero-order valence-corrected chi connectivity index (χ0v) is 19.9. The van der Waals surface area contributed by atoms with Crippen molar-refractivity contribution in [3.05, 3.63) is 64.8 Å². The molecule has 8 heteroatoms. The van der Waals surface area contributed by atoms with Crippen molar-refractivity contribution < 1.29 is 19.0 Å². The fraction of sp³-hybridized carbons (Fsp3) is 0.269. The number of hydrogen-bond acceptors (Lipinski definition) is 6. The van der Waals surface area contributed by atoms with E-state index in [-0.39, 0.29) is 11.8 Å². The molecule has 0 aliphatic carbocycles. The van der Waals surface area contributed by atoms with Gasteiger partial charge in [0.2, 0.25) is 0 Å². The summed E-state index contributed by atoms with van der Waals surface area (Å²) in [4.78, 5) is 14.2. The van der Waals surface area contributed by atoms with Gasteiger partial charge in [-0.3, -0.25) is 0 Å². The summed E-state index contributed by atoms with van der Waals surface area (Å²) in [5.74, 6) is -0.674. The molecule has 1 aliphatic rings. The number of phenolic OH excluding ortho intramolecular Hbond substituents is 1. The lowest BCUT2D eigenvalue weighted by molar-refractivity contribution is 0.0224. The van der Waals surface area contributed by atoms with Crippen LogP contribution in [0.25, 0.3) is 32.6 Å². The lowest BCUT2D eigenvalue weighted by Crippen LogP contribution is -2.39. The van der Waals surface area contributed by atoms with Gasteiger partial charge in [0.1, 0.15) is 28.6 Å². The fourth-order valence-corrected chi connectivity index (χ4v) is 5.05. The van der Waals surface area contributed by atoms with Gasteiger partial charge in [-0.1, -0.05) is 12.1 Å². The standard InChI is InChI=1S/C26H24FN3O3S/c1-26(2,3)33-25(32)30-10-8-15-12-16(4-5-17(15)14-30)22-20-9-11-34-24(20)23(29-28-22)19-7-6-18(27)13-21(19)31/h4-7,9,11-13,31H,8,10,14H2,1-3H3. The second kappa shape index (κ2) is 8.36. The van der Waals surface area contributed by atoms with E-state index in [0.717, 1.165) is 39.4 Å². The Labute approximate surface area is 200 Å². The van der Waals surface area contributed by atoms with E-state index < -0.39 is 11.4 Å². The van der Waals surface area contributed by atoms with Crippen molar-refractivity contribution in [2.75, 3.05) is 6.54 Å². The summed E-state index contributed by atoms with van der Waals surface area (Å²) in [5, 5.41) is 22.0. The minimum Gasteiger partial charge on any atom is -0.507 e. The van der Waals surface area contributed by atoms with Crippen molar-refractivity contribution in [3.63, 3.8) is 0 Å². The lowest BCUT2D eigenvalue weighted by Gasteiger charge is -2.31. The molecule has 4 aromatic rings. The van der Waals surface area contributed by atoms with E-state index in [9.17, 15) is 14.3 Å². The highest BCUT2D eigenvalue weighted by Gasteiger charge is 2.26. The third kappa shape index (κ3) is 4.21. The first-order chi connectivity index (χ1) is 16.2. The fourth-order valence-electron chi connectivity index (χ4n) is 4.16. The number of fused-ring (bicyclic) bond motifs is 2. The van der Waals surface area contributed by atoms with E-state index in [1.807, 2.05) is 44.4 Å². The van der Waals surface area contributed by atoms with Crippen LogP contribution in [0.5, 0.6) is 5.75 Å². The SMILES string of the molecule is CC(C)(C)OC(=O)N1CCc2cc(-c3nnc(-c4ccc(F)cc4O)c4sccc34)ccc2C1. The van der Waals surface area contributed by atoms with Gasteiger partial charge >= 0.3 is 6.09 Å².